The van der Waals surface area contributed by atoms with Crippen molar-refractivity contribution in [2.45, 2.75) is 59.4 Å². The molecule has 4 N–H and O–H groups in total. The molecule has 2 heterocycles. The van der Waals surface area contributed by atoms with Crippen molar-refractivity contribution in [1.29, 1.82) is 5.41 Å². The minimum absolute atomic E-state index is 0.0483. The number of rotatable bonds is 5. The van der Waals surface area contributed by atoms with Gasteiger partial charge in [-0.2, -0.15) is 0 Å². The molecule has 0 spiro atoms. The van der Waals surface area contributed by atoms with Crippen LogP contribution in [-0.4, -0.2) is 59.5 Å². The van der Waals surface area contributed by atoms with Crippen molar-refractivity contribution in [3.8, 4) is 0 Å². The van der Waals surface area contributed by atoms with Gasteiger partial charge in [-0.05, 0) is 107 Å². The molecule has 39 heavy (non-hydrogen) atoms. The van der Waals surface area contributed by atoms with Gasteiger partial charge in [-0.25, -0.2) is 4.99 Å². The molecule has 2 saturated heterocycles. The van der Waals surface area contributed by atoms with E-state index in [1.54, 1.807) is 12.1 Å². The van der Waals surface area contributed by atoms with Crippen molar-refractivity contribution < 1.29 is 4.79 Å². The Kier molecular flexibility index (Phi) is 9.24. The summed E-state index contributed by atoms with van der Waals surface area (Å²) < 4.78 is 0. The van der Waals surface area contributed by atoms with Crippen LogP contribution in [0.3, 0.4) is 0 Å². The van der Waals surface area contributed by atoms with E-state index in [0.717, 1.165) is 68.0 Å². The van der Waals surface area contributed by atoms with Gasteiger partial charge in [0.25, 0.3) is 5.91 Å². The number of hydrogen-bond acceptors (Lipinski definition) is 6. The molecule has 2 aromatic rings. The number of benzene rings is 2. The van der Waals surface area contributed by atoms with Gasteiger partial charge in [0.05, 0.1) is 5.69 Å². The number of amidine groups is 1. The number of piperidine rings is 1. The first-order valence-corrected chi connectivity index (χ1v) is 13.6. The SMILES string of the molecule is C/C(=N\C=C1\CN(C2CCN(C(=O)c3ccc(/N=N\N)c(C)c3)CC2)CCCC1=N)Nc1cc(C)cc(C)c1. The molecule has 2 aromatic carbocycles. The molecule has 9 nitrogen and oxygen atoms in total. The van der Waals surface area contributed by atoms with Gasteiger partial charge in [0, 0.05) is 54.4 Å². The van der Waals surface area contributed by atoms with Gasteiger partial charge >= 0.3 is 0 Å². The lowest BCUT2D eigenvalue weighted by Crippen LogP contribution is -2.47. The van der Waals surface area contributed by atoms with Crippen molar-refractivity contribution in [2.24, 2.45) is 21.2 Å². The predicted octanol–water partition coefficient (Wildman–Crippen LogP) is 5.70. The van der Waals surface area contributed by atoms with Gasteiger partial charge in [-0.1, -0.05) is 11.3 Å². The van der Waals surface area contributed by atoms with Crippen LogP contribution in [0.15, 0.2) is 63.5 Å². The fourth-order valence-electron chi connectivity index (χ4n) is 5.49. The van der Waals surface area contributed by atoms with Crippen LogP contribution < -0.4 is 11.2 Å². The van der Waals surface area contributed by atoms with Crippen LogP contribution in [0.1, 0.15) is 59.7 Å². The topological polar surface area (TPSA) is 123 Å². The van der Waals surface area contributed by atoms with Crippen LogP contribution in [0.25, 0.3) is 0 Å². The third kappa shape index (κ3) is 7.38. The highest BCUT2D eigenvalue weighted by atomic mass is 16.2. The average molecular weight is 529 g/mol. The largest absolute Gasteiger partial charge is 0.344 e. The van der Waals surface area contributed by atoms with Crippen LogP contribution in [-0.2, 0) is 0 Å². The highest BCUT2D eigenvalue weighted by molar-refractivity contribution is 5.99. The minimum Gasteiger partial charge on any atom is -0.344 e. The highest BCUT2D eigenvalue weighted by Gasteiger charge is 2.29. The molecule has 2 aliphatic heterocycles. The van der Waals surface area contributed by atoms with Gasteiger partial charge in [0.1, 0.15) is 5.84 Å². The molecular weight excluding hydrogens is 488 g/mol. The molecule has 0 aromatic heterocycles. The average Bonchev–Trinajstić information content (AvgIpc) is 3.09. The summed E-state index contributed by atoms with van der Waals surface area (Å²) in [4.78, 5) is 22.2. The minimum atomic E-state index is 0.0483. The number of anilines is 1. The fraction of sp³-hybridized carbons (Fsp3) is 0.433. The van der Waals surface area contributed by atoms with E-state index >= 15 is 0 Å². The number of aryl methyl sites for hydroxylation is 3. The van der Waals surface area contributed by atoms with Crippen molar-refractivity contribution >= 4 is 28.8 Å². The lowest BCUT2D eigenvalue weighted by molar-refractivity contribution is 0.0632. The Morgan fingerprint density at radius 3 is 2.46 bits per heavy atom. The van der Waals surface area contributed by atoms with Crippen LogP contribution in [0.4, 0.5) is 11.4 Å². The summed E-state index contributed by atoms with van der Waals surface area (Å²) in [6, 6.07) is 12.2. The molecule has 0 bridgehead atoms. The molecule has 0 saturated carbocycles. The van der Waals surface area contributed by atoms with Gasteiger partial charge < -0.3 is 21.5 Å². The zero-order valence-corrected chi connectivity index (χ0v) is 23.5. The monoisotopic (exact) mass is 528 g/mol. The van der Waals surface area contributed by atoms with Gasteiger partial charge in [0.2, 0.25) is 0 Å². The van der Waals surface area contributed by atoms with E-state index in [9.17, 15) is 4.79 Å². The van der Waals surface area contributed by atoms with E-state index in [2.05, 4.69) is 57.6 Å². The molecular formula is C30H40N8O. The summed E-state index contributed by atoms with van der Waals surface area (Å²) in [7, 11) is 0. The molecule has 0 aliphatic carbocycles. The van der Waals surface area contributed by atoms with E-state index in [1.807, 2.05) is 31.0 Å². The molecule has 0 unspecified atom stereocenters. The Bertz CT molecular complexity index is 1280. The molecule has 0 atom stereocenters. The smallest absolute Gasteiger partial charge is 0.253 e. The molecule has 206 valence electrons. The maximum absolute atomic E-state index is 13.1. The zero-order valence-electron chi connectivity index (χ0n) is 23.5. The zero-order chi connectivity index (χ0) is 27.9. The van der Waals surface area contributed by atoms with Crippen molar-refractivity contribution in [3.63, 3.8) is 0 Å². The second-order valence-electron chi connectivity index (χ2n) is 10.7. The number of nitrogens with zero attached hydrogens (tertiary/aromatic N) is 5. The standard InChI is InChI=1S/C30H40N8O/c1-20-14-21(2)16-26(15-20)34-23(4)33-18-25-19-38(11-5-6-28(25)31)27-9-12-37(13-10-27)30(39)24-7-8-29(35-36-32)22(3)17-24/h7-8,14-18,27,31H,5-6,9-13,19H2,1-4H3,(H2,32,35)(H,33,34)/b25-18-,31-28?. The Morgan fingerprint density at radius 1 is 1.08 bits per heavy atom. The highest BCUT2D eigenvalue weighted by Crippen LogP contribution is 2.25. The maximum Gasteiger partial charge on any atom is 0.253 e. The lowest BCUT2D eigenvalue weighted by atomic mass is 10.0. The lowest BCUT2D eigenvalue weighted by Gasteiger charge is -2.38. The van der Waals surface area contributed by atoms with Crippen LogP contribution in [0.5, 0.6) is 0 Å². The van der Waals surface area contributed by atoms with E-state index < -0.39 is 0 Å². The van der Waals surface area contributed by atoms with E-state index in [0.29, 0.717) is 29.5 Å². The molecule has 9 heteroatoms. The van der Waals surface area contributed by atoms with Gasteiger partial charge in [0.15, 0.2) is 0 Å². The Hall–Kier alpha value is -3.85. The number of likely N-dealkylation sites (tertiary alicyclic amines) is 2. The van der Waals surface area contributed by atoms with Crippen LogP contribution in [0, 0.1) is 26.2 Å². The summed E-state index contributed by atoms with van der Waals surface area (Å²) in [6.45, 7) is 11.1. The number of nitrogens with two attached hydrogens (primary N) is 1. The summed E-state index contributed by atoms with van der Waals surface area (Å²) in [5.74, 6) is 6.02. The number of carbonyl (C=O) groups is 1. The third-order valence-corrected chi connectivity index (χ3v) is 7.47. The quantitative estimate of drug-likeness (QED) is 0.151. The normalized spacial score (nSPS) is 19.1. The van der Waals surface area contributed by atoms with Crippen molar-refractivity contribution in [1.82, 2.24) is 9.80 Å². The summed E-state index contributed by atoms with van der Waals surface area (Å²) in [5.41, 5.74) is 7.29. The molecule has 1 amide bonds. The predicted molar refractivity (Wildman–Crippen MR) is 158 cm³/mol. The summed E-state index contributed by atoms with van der Waals surface area (Å²) in [6.07, 6.45) is 5.42. The number of amides is 1. The first-order valence-electron chi connectivity index (χ1n) is 13.6. The number of nitrogens with one attached hydrogen (secondary N) is 2. The van der Waals surface area contributed by atoms with Crippen molar-refractivity contribution in [3.05, 3.63) is 70.4 Å². The summed E-state index contributed by atoms with van der Waals surface area (Å²) in [5, 5.41) is 19.2. The van der Waals surface area contributed by atoms with Gasteiger partial charge in [-0.3, -0.25) is 9.69 Å². The number of carbonyl (C=O) groups excluding carboxylic acids is 1. The van der Waals surface area contributed by atoms with E-state index in [4.69, 9.17) is 11.3 Å². The van der Waals surface area contributed by atoms with E-state index in [1.165, 1.54) is 11.1 Å². The Balaban J connectivity index is 1.37. The number of hydrogen-bond donors (Lipinski definition) is 3. The Morgan fingerprint density at radius 2 is 1.79 bits per heavy atom. The van der Waals surface area contributed by atoms with Crippen LogP contribution in [0.2, 0.25) is 0 Å². The second kappa shape index (κ2) is 12.8. The van der Waals surface area contributed by atoms with Crippen molar-refractivity contribution in [2.75, 3.05) is 31.5 Å². The first kappa shape index (κ1) is 28.2. The number of aliphatic imine (C=N–C) groups is 1. The maximum atomic E-state index is 13.1. The first-order chi connectivity index (χ1) is 18.7. The molecule has 2 aliphatic rings. The fourth-order valence-corrected chi connectivity index (χ4v) is 5.49. The third-order valence-electron chi connectivity index (χ3n) is 7.47. The molecule has 0 radical (unpaired) electrons. The summed E-state index contributed by atoms with van der Waals surface area (Å²) >= 11 is 0. The Labute approximate surface area is 231 Å². The van der Waals surface area contributed by atoms with E-state index in [-0.39, 0.29) is 5.91 Å². The molecule has 2 fully saturated rings. The second-order valence-corrected chi connectivity index (χ2v) is 10.7. The van der Waals surface area contributed by atoms with Crippen LogP contribution >= 0.6 is 0 Å². The molecule has 4 rings (SSSR count). The van der Waals surface area contributed by atoms with Gasteiger partial charge in [-0.15, -0.1) is 5.11 Å².